The average molecular weight is 926 g/mol. The Balaban J connectivity index is 1.35. The largest absolute Gasteiger partial charge is 0.419 e. The van der Waals surface area contributed by atoms with Gasteiger partial charge in [-0.3, -0.25) is 24.6 Å². The summed E-state index contributed by atoms with van der Waals surface area (Å²) in [4.78, 5) is 56.7. The maximum atomic E-state index is 15.5. The van der Waals surface area contributed by atoms with E-state index in [1.54, 1.807) is 44.2 Å². The quantitative estimate of drug-likeness (QED) is 0.0405. The molecule has 5 atom stereocenters. The number of morpholine rings is 1. The molecule has 5 rings (SSSR count). The smallest absolute Gasteiger partial charge is 0.336 e. The number of aliphatic hydroxyl groups excluding tert-OH is 1. The second-order valence-electron chi connectivity index (χ2n) is 17.4. The molecule has 1 unspecified atom stereocenters. The van der Waals surface area contributed by atoms with Gasteiger partial charge in [0.15, 0.2) is 11.4 Å². The van der Waals surface area contributed by atoms with Crippen LogP contribution in [-0.2, 0) is 42.1 Å². The molecular formula is C47H61F2N5O10S. The van der Waals surface area contributed by atoms with Crippen molar-refractivity contribution in [2.75, 3.05) is 38.6 Å². The summed E-state index contributed by atoms with van der Waals surface area (Å²) in [6.45, 7) is 11.3. The summed E-state index contributed by atoms with van der Waals surface area (Å²) >= 11 is 0. The summed E-state index contributed by atoms with van der Waals surface area (Å²) in [5, 5.41) is 22.5. The number of amides is 3. The number of rotatable bonds is 23. The van der Waals surface area contributed by atoms with Gasteiger partial charge in [-0.25, -0.2) is 9.18 Å². The number of β-amino-alcohol motifs (C(OH)–C–C–N with tert-alkyl or cyclic N) is 1. The Labute approximate surface area is 378 Å². The van der Waals surface area contributed by atoms with Crippen molar-refractivity contribution >= 4 is 38.8 Å². The van der Waals surface area contributed by atoms with Crippen LogP contribution < -0.4 is 31.1 Å². The normalized spacial score (nSPS) is 15.8. The molecule has 0 bridgehead atoms. The molecule has 1 aliphatic heterocycles. The van der Waals surface area contributed by atoms with Gasteiger partial charge in [-0.2, -0.15) is 12.8 Å². The Bertz CT molecular complexity index is 2380. The van der Waals surface area contributed by atoms with Gasteiger partial charge in [0.2, 0.25) is 29.3 Å². The first kappa shape index (κ1) is 50.7. The van der Waals surface area contributed by atoms with Gasteiger partial charge in [0, 0.05) is 43.5 Å². The van der Waals surface area contributed by atoms with Crippen molar-refractivity contribution in [3.8, 4) is 5.75 Å². The van der Waals surface area contributed by atoms with Crippen molar-refractivity contribution < 1.29 is 50.0 Å². The highest BCUT2D eigenvalue weighted by Gasteiger charge is 2.33. The number of fused-ring (bicyclic) bond motifs is 1. The summed E-state index contributed by atoms with van der Waals surface area (Å²) < 4.78 is 73.0. The van der Waals surface area contributed by atoms with Crippen molar-refractivity contribution in [3.63, 3.8) is 0 Å². The third kappa shape index (κ3) is 15.7. The summed E-state index contributed by atoms with van der Waals surface area (Å²) in [6.07, 6.45) is -0.0238. The van der Waals surface area contributed by atoms with Crippen LogP contribution in [0.1, 0.15) is 63.6 Å². The lowest BCUT2D eigenvalue weighted by Gasteiger charge is -2.31. The van der Waals surface area contributed by atoms with Gasteiger partial charge in [0.1, 0.15) is 24.1 Å². The Hall–Kier alpha value is -5.27. The molecule has 3 amide bonds. The van der Waals surface area contributed by atoms with Gasteiger partial charge in [0.05, 0.1) is 19.3 Å². The molecule has 0 saturated carbocycles. The molecule has 65 heavy (non-hydrogen) atoms. The van der Waals surface area contributed by atoms with Crippen molar-refractivity contribution in [1.82, 2.24) is 26.2 Å². The number of hydrogen-bond donors (Lipinski definition) is 5. The Kier molecular flexibility index (Phi) is 18.6. The second-order valence-corrected chi connectivity index (χ2v) is 19.0. The zero-order valence-corrected chi connectivity index (χ0v) is 38.3. The topological polar surface area (TPSA) is 206 Å². The number of aliphatic hydroxyl groups is 1. The van der Waals surface area contributed by atoms with Crippen molar-refractivity contribution in [2.24, 2.45) is 11.8 Å². The molecule has 4 aromatic rings. The minimum absolute atomic E-state index is 0.0223. The number of aryl methyl sites for hydroxylation is 2. The first-order chi connectivity index (χ1) is 30.9. The van der Waals surface area contributed by atoms with E-state index in [0.29, 0.717) is 44.7 Å². The minimum atomic E-state index is -4.84. The predicted molar refractivity (Wildman–Crippen MR) is 241 cm³/mol. The standard InChI is InChI=1S/C47H61F2N5O10S/c1-29(2)22-34(28-65(60,61)64-44-36(48)26-35-31(5)24-41(56)63-43(35)42(44)49)50-46(58)39(25-33-14-10-7-11-15-33)53-47(59)38(23-30(3)4)52-45(57)37(17-16-32-12-8-6-9-13-32)51-40(55)27-54-18-20-62-21-19-54/h6-15,24,26,29-30,34,37-40,51,55H,16-23,25,27-28H2,1-5H3,(H,50,58)(H,52,57)(H,53,59)/t34-,37-,38-,39-,40?/m0/s1. The van der Waals surface area contributed by atoms with Crippen LogP contribution in [0.2, 0.25) is 0 Å². The van der Waals surface area contributed by atoms with Crippen LogP contribution in [0.5, 0.6) is 5.75 Å². The molecule has 0 spiro atoms. The van der Waals surface area contributed by atoms with E-state index in [4.69, 9.17) is 13.3 Å². The maximum absolute atomic E-state index is 15.5. The number of carbonyl (C=O) groups excluding carboxylic acids is 3. The first-order valence-corrected chi connectivity index (χ1v) is 23.5. The molecule has 1 saturated heterocycles. The van der Waals surface area contributed by atoms with E-state index in [-0.39, 0.29) is 48.6 Å². The van der Waals surface area contributed by atoms with Gasteiger partial charge in [-0.1, -0.05) is 88.4 Å². The summed E-state index contributed by atoms with van der Waals surface area (Å²) in [6, 6.07) is 15.7. The van der Waals surface area contributed by atoms with Crippen LogP contribution in [0.25, 0.3) is 11.0 Å². The lowest BCUT2D eigenvalue weighted by molar-refractivity contribution is -0.133. The lowest BCUT2D eigenvalue weighted by Crippen LogP contribution is -2.59. The number of carbonyl (C=O) groups is 3. The van der Waals surface area contributed by atoms with Gasteiger partial charge >= 0.3 is 15.7 Å². The van der Waals surface area contributed by atoms with Gasteiger partial charge < -0.3 is 34.4 Å². The zero-order chi connectivity index (χ0) is 47.3. The molecule has 5 N–H and O–H groups in total. The summed E-state index contributed by atoms with van der Waals surface area (Å²) in [7, 11) is -4.84. The monoisotopic (exact) mass is 925 g/mol. The number of halogens is 2. The fourth-order valence-corrected chi connectivity index (χ4v) is 8.94. The van der Waals surface area contributed by atoms with Crippen LogP contribution >= 0.6 is 0 Å². The van der Waals surface area contributed by atoms with E-state index < -0.39 is 92.6 Å². The number of nitrogens with zero attached hydrogens (tertiary/aromatic N) is 1. The fraction of sp³-hybridized carbons (Fsp3) is 0.489. The van der Waals surface area contributed by atoms with E-state index in [9.17, 15) is 32.7 Å². The molecule has 354 valence electrons. The molecule has 18 heteroatoms. The van der Waals surface area contributed by atoms with Crippen LogP contribution in [-0.4, -0.2) is 105 Å². The van der Waals surface area contributed by atoms with E-state index in [1.165, 1.54) is 6.92 Å². The van der Waals surface area contributed by atoms with Crippen molar-refractivity contribution in [1.29, 1.82) is 0 Å². The Morgan fingerprint density at radius 1 is 0.815 bits per heavy atom. The van der Waals surface area contributed by atoms with E-state index >= 15 is 8.78 Å². The second kappa shape index (κ2) is 23.8. The maximum Gasteiger partial charge on any atom is 0.336 e. The molecular weight excluding hydrogens is 865 g/mol. The van der Waals surface area contributed by atoms with E-state index in [1.807, 2.05) is 49.1 Å². The van der Waals surface area contributed by atoms with Crippen LogP contribution in [0.15, 0.2) is 82.0 Å². The summed E-state index contributed by atoms with van der Waals surface area (Å²) in [5.41, 5.74) is 0.235. The zero-order valence-electron chi connectivity index (χ0n) is 37.5. The molecule has 1 aromatic heterocycles. The minimum Gasteiger partial charge on any atom is -0.419 e. The summed E-state index contributed by atoms with van der Waals surface area (Å²) in [5.74, 6) is -7.31. The van der Waals surface area contributed by atoms with Crippen molar-refractivity contribution in [2.45, 2.75) is 97.1 Å². The Morgan fingerprint density at radius 3 is 2.03 bits per heavy atom. The number of nitrogens with one attached hydrogen (secondary N) is 4. The molecule has 0 radical (unpaired) electrons. The third-order valence-electron chi connectivity index (χ3n) is 10.9. The van der Waals surface area contributed by atoms with Gasteiger partial charge in [0.25, 0.3) is 0 Å². The van der Waals surface area contributed by atoms with Crippen LogP contribution in [0.4, 0.5) is 8.78 Å². The van der Waals surface area contributed by atoms with Crippen LogP contribution in [0, 0.1) is 30.4 Å². The van der Waals surface area contributed by atoms with E-state index in [2.05, 4.69) is 21.3 Å². The van der Waals surface area contributed by atoms with Gasteiger partial charge in [-0.05, 0) is 67.2 Å². The predicted octanol–water partition coefficient (Wildman–Crippen LogP) is 4.12. The molecule has 0 aliphatic carbocycles. The molecule has 3 aromatic carbocycles. The highest BCUT2D eigenvalue weighted by molar-refractivity contribution is 7.87. The SMILES string of the molecule is Cc1cc(=O)oc2c(F)c(OS(=O)(=O)C[C@H](CC(C)C)NC(=O)[C@H](Cc3ccccc3)NC(=O)[C@H](CC(C)C)NC(=O)[C@H](CCc3ccccc3)NC(O)CN3CCOCC3)c(F)cc12. The molecule has 1 aliphatic rings. The van der Waals surface area contributed by atoms with Crippen LogP contribution in [0.3, 0.4) is 0 Å². The van der Waals surface area contributed by atoms with Gasteiger partial charge in [-0.15, -0.1) is 0 Å². The Morgan fingerprint density at radius 2 is 1.40 bits per heavy atom. The third-order valence-corrected chi connectivity index (χ3v) is 12.1. The first-order valence-electron chi connectivity index (χ1n) is 21.9. The number of benzene rings is 3. The highest BCUT2D eigenvalue weighted by Crippen LogP contribution is 2.32. The number of hydrogen-bond acceptors (Lipinski definition) is 12. The fourth-order valence-electron chi connectivity index (χ4n) is 7.75. The average Bonchev–Trinajstić information content (AvgIpc) is 3.24. The molecule has 15 nitrogen and oxygen atoms in total. The lowest BCUT2D eigenvalue weighted by atomic mass is 9.99. The van der Waals surface area contributed by atoms with Crippen molar-refractivity contribution in [3.05, 3.63) is 112 Å². The van der Waals surface area contributed by atoms with E-state index in [0.717, 1.165) is 17.7 Å². The molecule has 1 fully saturated rings. The molecule has 2 heterocycles. The number of ether oxygens (including phenoxy) is 1. The highest BCUT2D eigenvalue weighted by atomic mass is 32.2.